The third kappa shape index (κ3) is 3.42. The molecule has 1 aliphatic heterocycles. The minimum Gasteiger partial charge on any atom is -0.504 e. The van der Waals surface area contributed by atoms with Gasteiger partial charge >= 0.3 is 5.97 Å². The number of carbonyl (C=O) groups is 2. The number of aromatic hydroxyl groups is 1. The number of ether oxygens (including phenoxy) is 1. The standard InChI is InChI=1S/C18H13NO5S2/c1-24-14-7-10(5-6-13(14)20)8-15-16(21)19(18(25)26-15)12-4-2-3-11(9-12)17(22)23/h2-9,20H,1H3,(H,22,23). The lowest BCUT2D eigenvalue weighted by molar-refractivity contribution is -0.113. The van der Waals surface area contributed by atoms with Gasteiger partial charge in [0.1, 0.15) is 0 Å². The first-order valence-electron chi connectivity index (χ1n) is 7.39. The molecule has 132 valence electrons. The van der Waals surface area contributed by atoms with Crippen LogP contribution in [0.4, 0.5) is 5.69 Å². The quantitative estimate of drug-likeness (QED) is 0.613. The molecule has 3 rings (SSSR count). The van der Waals surface area contributed by atoms with Gasteiger partial charge in [-0.2, -0.15) is 0 Å². The van der Waals surface area contributed by atoms with E-state index in [-0.39, 0.29) is 17.2 Å². The van der Waals surface area contributed by atoms with Gasteiger partial charge < -0.3 is 14.9 Å². The number of phenolic OH excluding ortho intramolecular Hbond substituents is 1. The Morgan fingerprint density at radius 2 is 2.04 bits per heavy atom. The van der Waals surface area contributed by atoms with Crippen LogP contribution in [-0.4, -0.2) is 33.5 Å². The number of carboxylic acids is 1. The summed E-state index contributed by atoms with van der Waals surface area (Å²) in [5.74, 6) is -1.12. The molecule has 0 unspecified atom stereocenters. The molecule has 1 heterocycles. The summed E-state index contributed by atoms with van der Waals surface area (Å²) in [7, 11) is 1.44. The van der Waals surface area contributed by atoms with Crippen LogP contribution < -0.4 is 9.64 Å². The van der Waals surface area contributed by atoms with E-state index in [2.05, 4.69) is 0 Å². The van der Waals surface area contributed by atoms with Gasteiger partial charge in [0, 0.05) is 0 Å². The van der Waals surface area contributed by atoms with Crippen molar-refractivity contribution in [1.82, 2.24) is 0 Å². The molecule has 1 amide bonds. The fourth-order valence-corrected chi connectivity index (χ4v) is 3.70. The topological polar surface area (TPSA) is 87.1 Å². The molecule has 0 bridgehead atoms. The van der Waals surface area contributed by atoms with Crippen molar-refractivity contribution in [3.8, 4) is 11.5 Å². The largest absolute Gasteiger partial charge is 0.504 e. The van der Waals surface area contributed by atoms with Gasteiger partial charge in [-0.05, 0) is 42.0 Å². The van der Waals surface area contributed by atoms with E-state index in [1.54, 1.807) is 30.3 Å². The molecular weight excluding hydrogens is 374 g/mol. The van der Waals surface area contributed by atoms with E-state index >= 15 is 0 Å². The predicted octanol–water partition coefficient (Wildman–Crippen LogP) is 3.50. The molecule has 1 fully saturated rings. The van der Waals surface area contributed by atoms with Gasteiger partial charge in [-0.15, -0.1) is 0 Å². The minimum atomic E-state index is -1.08. The maximum absolute atomic E-state index is 12.7. The van der Waals surface area contributed by atoms with E-state index in [0.29, 0.717) is 26.2 Å². The SMILES string of the molecule is COc1cc(C=C2SC(=S)N(c3cccc(C(=O)O)c3)C2=O)ccc1O. The molecule has 0 saturated carbocycles. The zero-order valence-corrected chi connectivity index (χ0v) is 15.1. The van der Waals surface area contributed by atoms with Crippen LogP contribution in [0.3, 0.4) is 0 Å². The Morgan fingerprint density at radius 3 is 2.73 bits per heavy atom. The summed E-state index contributed by atoms with van der Waals surface area (Å²) in [6.45, 7) is 0. The van der Waals surface area contributed by atoms with E-state index in [9.17, 15) is 14.7 Å². The number of phenols is 1. The van der Waals surface area contributed by atoms with Crippen molar-refractivity contribution in [1.29, 1.82) is 0 Å². The number of hydrogen-bond acceptors (Lipinski definition) is 6. The maximum atomic E-state index is 12.7. The highest BCUT2D eigenvalue weighted by Crippen LogP contribution is 2.37. The Hall–Kier alpha value is -2.84. The van der Waals surface area contributed by atoms with Crippen LogP contribution in [0.1, 0.15) is 15.9 Å². The van der Waals surface area contributed by atoms with Crippen LogP contribution in [0.25, 0.3) is 6.08 Å². The minimum absolute atomic E-state index is 0.00249. The molecular formula is C18H13NO5S2. The number of aromatic carboxylic acids is 1. The van der Waals surface area contributed by atoms with Crippen molar-refractivity contribution < 1.29 is 24.5 Å². The first-order chi connectivity index (χ1) is 12.4. The van der Waals surface area contributed by atoms with Crippen LogP contribution in [-0.2, 0) is 4.79 Å². The van der Waals surface area contributed by atoms with E-state index in [4.69, 9.17) is 22.1 Å². The number of thiocarbonyl (C=S) groups is 1. The van der Waals surface area contributed by atoms with Crippen molar-refractivity contribution in [3.63, 3.8) is 0 Å². The van der Waals surface area contributed by atoms with Gasteiger partial charge in [0.15, 0.2) is 15.8 Å². The average Bonchev–Trinajstić information content (AvgIpc) is 2.90. The Bertz CT molecular complexity index is 954. The average molecular weight is 387 g/mol. The molecule has 1 aliphatic rings. The van der Waals surface area contributed by atoms with E-state index < -0.39 is 5.97 Å². The Balaban J connectivity index is 1.94. The van der Waals surface area contributed by atoms with Gasteiger partial charge in [-0.3, -0.25) is 9.69 Å². The number of methoxy groups -OCH3 is 1. The number of carbonyl (C=O) groups excluding carboxylic acids is 1. The molecule has 8 heteroatoms. The van der Waals surface area contributed by atoms with Crippen molar-refractivity contribution in [3.05, 3.63) is 58.5 Å². The predicted molar refractivity (Wildman–Crippen MR) is 104 cm³/mol. The van der Waals surface area contributed by atoms with E-state index in [1.807, 2.05) is 0 Å². The van der Waals surface area contributed by atoms with E-state index in [1.165, 1.54) is 30.2 Å². The van der Waals surface area contributed by atoms with Crippen LogP contribution in [0, 0.1) is 0 Å². The lowest BCUT2D eigenvalue weighted by atomic mass is 10.1. The zero-order valence-electron chi connectivity index (χ0n) is 13.5. The third-order valence-corrected chi connectivity index (χ3v) is 4.95. The first-order valence-corrected chi connectivity index (χ1v) is 8.61. The number of carboxylic acid groups (broad SMARTS) is 1. The van der Waals surface area contributed by atoms with Gasteiger partial charge in [-0.25, -0.2) is 4.79 Å². The first kappa shape index (κ1) is 18.0. The van der Waals surface area contributed by atoms with Gasteiger partial charge in [-0.1, -0.05) is 36.1 Å². The van der Waals surface area contributed by atoms with Crippen molar-refractivity contribution in [2.45, 2.75) is 0 Å². The number of rotatable bonds is 4. The number of hydrogen-bond donors (Lipinski definition) is 2. The summed E-state index contributed by atoms with van der Waals surface area (Å²) in [5.41, 5.74) is 1.14. The van der Waals surface area contributed by atoms with Crippen molar-refractivity contribution in [2.75, 3.05) is 12.0 Å². The number of benzene rings is 2. The second-order valence-corrected chi connectivity index (χ2v) is 6.98. The van der Waals surface area contributed by atoms with Gasteiger partial charge in [0.25, 0.3) is 5.91 Å². The monoisotopic (exact) mass is 387 g/mol. The van der Waals surface area contributed by atoms with Crippen molar-refractivity contribution >= 4 is 51.9 Å². The van der Waals surface area contributed by atoms with Crippen molar-refractivity contribution in [2.24, 2.45) is 0 Å². The molecule has 6 nitrogen and oxygen atoms in total. The van der Waals surface area contributed by atoms with Crippen LogP contribution in [0.5, 0.6) is 11.5 Å². The molecule has 0 aliphatic carbocycles. The summed E-state index contributed by atoms with van der Waals surface area (Å²) in [6, 6.07) is 10.8. The second kappa shape index (κ2) is 7.19. The summed E-state index contributed by atoms with van der Waals surface area (Å²) in [5, 5.41) is 18.8. The Labute approximate surface area is 158 Å². The number of anilines is 1. The molecule has 2 aromatic carbocycles. The number of thioether (sulfide) groups is 1. The molecule has 1 saturated heterocycles. The molecule has 0 radical (unpaired) electrons. The second-order valence-electron chi connectivity index (χ2n) is 5.30. The normalized spacial score (nSPS) is 15.6. The zero-order chi connectivity index (χ0) is 18.8. The lowest BCUT2D eigenvalue weighted by Gasteiger charge is -2.14. The third-order valence-electron chi connectivity index (χ3n) is 3.65. The Kier molecular flexibility index (Phi) is 4.97. The van der Waals surface area contributed by atoms with E-state index in [0.717, 1.165) is 11.8 Å². The fraction of sp³-hybridized carbons (Fsp3) is 0.0556. The smallest absolute Gasteiger partial charge is 0.335 e. The lowest BCUT2D eigenvalue weighted by Crippen LogP contribution is -2.27. The Morgan fingerprint density at radius 1 is 1.27 bits per heavy atom. The van der Waals surface area contributed by atoms with Gasteiger partial charge in [0.2, 0.25) is 0 Å². The van der Waals surface area contributed by atoms with Gasteiger partial charge in [0.05, 0.1) is 23.3 Å². The maximum Gasteiger partial charge on any atom is 0.335 e. The molecule has 2 N–H and O–H groups in total. The summed E-state index contributed by atoms with van der Waals surface area (Å²) in [6.07, 6.45) is 1.64. The van der Waals surface area contributed by atoms with Crippen LogP contribution >= 0.6 is 24.0 Å². The molecule has 0 spiro atoms. The molecule has 2 aromatic rings. The van der Waals surface area contributed by atoms with Crippen LogP contribution in [0.15, 0.2) is 47.4 Å². The summed E-state index contributed by atoms with van der Waals surface area (Å²) < 4.78 is 5.38. The highest BCUT2D eigenvalue weighted by atomic mass is 32.2. The number of nitrogens with zero attached hydrogens (tertiary/aromatic N) is 1. The summed E-state index contributed by atoms with van der Waals surface area (Å²) in [4.78, 5) is 25.6. The highest BCUT2D eigenvalue weighted by molar-refractivity contribution is 8.27. The highest BCUT2D eigenvalue weighted by Gasteiger charge is 2.33. The molecule has 0 atom stereocenters. The fourth-order valence-electron chi connectivity index (χ4n) is 2.40. The molecule has 26 heavy (non-hydrogen) atoms. The van der Waals surface area contributed by atoms with Crippen LogP contribution in [0.2, 0.25) is 0 Å². The number of amides is 1. The molecule has 0 aromatic heterocycles. The summed E-state index contributed by atoms with van der Waals surface area (Å²) >= 11 is 6.41.